The molecule has 1 fully saturated rings. The standard InChI is InChI=1S/C18H24N4OS/c1-3-14(4-2)18(23)22-11-9-21(10-12-22)17-8-7-15(19-20-17)16-6-5-13-24-16/h5-8,13-14H,3-4,9-12H2,1-2H3. The van der Waals surface area contributed by atoms with E-state index < -0.39 is 0 Å². The molecule has 2 aromatic rings. The molecule has 0 N–H and O–H groups in total. The summed E-state index contributed by atoms with van der Waals surface area (Å²) >= 11 is 1.67. The van der Waals surface area contributed by atoms with E-state index in [0.717, 1.165) is 55.4 Å². The third-order valence-electron chi connectivity index (χ3n) is 4.67. The first kappa shape index (κ1) is 16.9. The Kier molecular flexibility index (Phi) is 5.45. The molecule has 6 heteroatoms. The normalized spacial score (nSPS) is 15.1. The highest BCUT2D eigenvalue weighted by molar-refractivity contribution is 7.13. The Morgan fingerprint density at radius 3 is 2.42 bits per heavy atom. The number of nitrogens with zero attached hydrogens (tertiary/aromatic N) is 4. The first-order valence-electron chi connectivity index (χ1n) is 8.64. The van der Waals surface area contributed by atoms with Crippen molar-refractivity contribution in [3.05, 3.63) is 29.6 Å². The van der Waals surface area contributed by atoms with Crippen LogP contribution in [0.15, 0.2) is 29.6 Å². The summed E-state index contributed by atoms with van der Waals surface area (Å²) in [6.07, 6.45) is 1.84. The molecule has 1 aliphatic heterocycles. The molecule has 0 radical (unpaired) electrons. The van der Waals surface area contributed by atoms with Crippen molar-refractivity contribution < 1.29 is 4.79 Å². The molecular weight excluding hydrogens is 320 g/mol. The lowest BCUT2D eigenvalue weighted by Crippen LogP contribution is -2.50. The number of anilines is 1. The fourth-order valence-corrected chi connectivity index (χ4v) is 3.79. The van der Waals surface area contributed by atoms with E-state index in [2.05, 4.69) is 35.0 Å². The van der Waals surface area contributed by atoms with Crippen LogP contribution in [0.1, 0.15) is 26.7 Å². The zero-order valence-electron chi connectivity index (χ0n) is 14.3. The maximum Gasteiger partial charge on any atom is 0.225 e. The molecule has 128 valence electrons. The lowest BCUT2D eigenvalue weighted by atomic mass is 10.0. The SMILES string of the molecule is CCC(CC)C(=O)N1CCN(c2ccc(-c3cccs3)nn2)CC1. The topological polar surface area (TPSA) is 49.3 Å². The Morgan fingerprint density at radius 2 is 1.88 bits per heavy atom. The minimum Gasteiger partial charge on any atom is -0.352 e. The minimum absolute atomic E-state index is 0.168. The first-order chi connectivity index (χ1) is 11.7. The number of piperazine rings is 1. The molecule has 0 unspecified atom stereocenters. The van der Waals surface area contributed by atoms with Crippen LogP contribution in [0.3, 0.4) is 0 Å². The zero-order chi connectivity index (χ0) is 16.9. The average Bonchev–Trinajstić information content (AvgIpc) is 3.18. The highest BCUT2D eigenvalue weighted by Crippen LogP contribution is 2.23. The molecule has 0 aromatic carbocycles. The third kappa shape index (κ3) is 3.59. The molecule has 0 spiro atoms. The van der Waals surface area contributed by atoms with Crippen LogP contribution in [-0.2, 0) is 4.79 Å². The van der Waals surface area contributed by atoms with Crippen molar-refractivity contribution in [3.63, 3.8) is 0 Å². The molecule has 1 aliphatic rings. The van der Waals surface area contributed by atoms with E-state index in [1.54, 1.807) is 11.3 Å². The van der Waals surface area contributed by atoms with Gasteiger partial charge in [0.1, 0.15) is 5.69 Å². The fourth-order valence-electron chi connectivity index (χ4n) is 3.10. The van der Waals surface area contributed by atoms with Crippen molar-refractivity contribution in [2.24, 2.45) is 5.92 Å². The third-order valence-corrected chi connectivity index (χ3v) is 5.57. The van der Waals surface area contributed by atoms with Crippen molar-refractivity contribution in [2.45, 2.75) is 26.7 Å². The van der Waals surface area contributed by atoms with Crippen LogP contribution in [0.2, 0.25) is 0 Å². The van der Waals surface area contributed by atoms with E-state index in [0.29, 0.717) is 5.91 Å². The highest BCUT2D eigenvalue weighted by atomic mass is 32.1. The average molecular weight is 344 g/mol. The molecule has 1 amide bonds. The van der Waals surface area contributed by atoms with E-state index in [9.17, 15) is 4.79 Å². The number of hydrogen-bond acceptors (Lipinski definition) is 5. The fraction of sp³-hybridized carbons (Fsp3) is 0.500. The van der Waals surface area contributed by atoms with Gasteiger partial charge in [-0.2, -0.15) is 0 Å². The Bertz CT molecular complexity index is 644. The molecule has 1 saturated heterocycles. The van der Waals surface area contributed by atoms with Crippen molar-refractivity contribution in [3.8, 4) is 10.6 Å². The quantitative estimate of drug-likeness (QED) is 0.835. The van der Waals surface area contributed by atoms with Gasteiger partial charge in [-0.1, -0.05) is 19.9 Å². The molecule has 3 rings (SSSR count). The molecule has 24 heavy (non-hydrogen) atoms. The molecule has 0 saturated carbocycles. The minimum atomic E-state index is 0.168. The van der Waals surface area contributed by atoms with Crippen molar-refractivity contribution in [1.82, 2.24) is 15.1 Å². The summed E-state index contributed by atoms with van der Waals surface area (Å²) in [6.45, 7) is 7.35. The van der Waals surface area contributed by atoms with Crippen LogP contribution in [-0.4, -0.2) is 47.2 Å². The van der Waals surface area contributed by atoms with Crippen LogP contribution in [0.4, 0.5) is 5.82 Å². The van der Waals surface area contributed by atoms with E-state index in [1.807, 2.05) is 28.5 Å². The second-order valence-corrected chi connectivity index (χ2v) is 7.03. The van der Waals surface area contributed by atoms with Gasteiger partial charge in [-0.15, -0.1) is 21.5 Å². The van der Waals surface area contributed by atoms with E-state index in [-0.39, 0.29) is 5.92 Å². The van der Waals surface area contributed by atoms with Gasteiger partial charge in [-0.3, -0.25) is 4.79 Å². The van der Waals surface area contributed by atoms with E-state index in [4.69, 9.17) is 0 Å². The molecule has 0 bridgehead atoms. The lowest BCUT2D eigenvalue weighted by Gasteiger charge is -2.36. The monoisotopic (exact) mass is 344 g/mol. The van der Waals surface area contributed by atoms with Gasteiger partial charge in [-0.25, -0.2) is 0 Å². The number of rotatable bonds is 5. The van der Waals surface area contributed by atoms with Gasteiger partial charge in [0.05, 0.1) is 4.88 Å². The summed E-state index contributed by atoms with van der Waals surface area (Å²) in [5.41, 5.74) is 0.913. The predicted molar refractivity (Wildman–Crippen MR) is 98.2 cm³/mol. The largest absolute Gasteiger partial charge is 0.352 e. The van der Waals surface area contributed by atoms with Gasteiger partial charge in [-0.05, 0) is 36.4 Å². The van der Waals surface area contributed by atoms with E-state index >= 15 is 0 Å². The molecule has 0 atom stereocenters. The molecule has 0 aliphatic carbocycles. The van der Waals surface area contributed by atoms with Crippen LogP contribution >= 0.6 is 11.3 Å². The summed E-state index contributed by atoms with van der Waals surface area (Å²) in [4.78, 5) is 17.8. The van der Waals surface area contributed by atoms with Crippen molar-refractivity contribution in [2.75, 3.05) is 31.1 Å². The molecule has 2 aromatic heterocycles. The first-order valence-corrected chi connectivity index (χ1v) is 9.52. The van der Waals surface area contributed by atoms with Crippen LogP contribution in [0.5, 0.6) is 0 Å². The second kappa shape index (κ2) is 7.75. The number of amides is 1. The lowest BCUT2D eigenvalue weighted by molar-refractivity contribution is -0.136. The summed E-state index contributed by atoms with van der Waals surface area (Å²) in [6, 6.07) is 8.12. The Balaban J connectivity index is 1.59. The van der Waals surface area contributed by atoms with Gasteiger partial charge < -0.3 is 9.80 Å². The number of hydrogen-bond donors (Lipinski definition) is 0. The van der Waals surface area contributed by atoms with Gasteiger partial charge >= 0.3 is 0 Å². The second-order valence-electron chi connectivity index (χ2n) is 6.08. The Labute approximate surface area is 147 Å². The number of thiophene rings is 1. The predicted octanol–water partition coefficient (Wildman–Crippen LogP) is 3.29. The number of carbonyl (C=O) groups is 1. The molecule has 3 heterocycles. The summed E-state index contributed by atoms with van der Waals surface area (Å²) in [7, 11) is 0. The van der Waals surface area contributed by atoms with Crippen LogP contribution in [0, 0.1) is 5.92 Å². The number of carbonyl (C=O) groups excluding carboxylic acids is 1. The zero-order valence-corrected chi connectivity index (χ0v) is 15.1. The maximum absolute atomic E-state index is 12.5. The summed E-state index contributed by atoms with van der Waals surface area (Å²) in [5.74, 6) is 1.37. The molecular formula is C18H24N4OS. The Morgan fingerprint density at radius 1 is 1.12 bits per heavy atom. The number of aromatic nitrogens is 2. The van der Waals surface area contributed by atoms with Gasteiger partial charge in [0.2, 0.25) is 5.91 Å². The van der Waals surface area contributed by atoms with Crippen molar-refractivity contribution in [1.29, 1.82) is 0 Å². The molecule has 5 nitrogen and oxygen atoms in total. The van der Waals surface area contributed by atoms with Crippen LogP contribution < -0.4 is 4.90 Å². The van der Waals surface area contributed by atoms with Crippen molar-refractivity contribution >= 4 is 23.1 Å². The van der Waals surface area contributed by atoms with Crippen LogP contribution in [0.25, 0.3) is 10.6 Å². The summed E-state index contributed by atoms with van der Waals surface area (Å²) in [5, 5.41) is 10.8. The van der Waals surface area contributed by atoms with Gasteiger partial charge in [0.15, 0.2) is 5.82 Å². The maximum atomic E-state index is 12.5. The Hall–Kier alpha value is -1.95. The summed E-state index contributed by atoms with van der Waals surface area (Å²) < 4.78 is 0. The smallest absolute Gasteiger partial charge is 0.225 e. The highest BCUT2D eigenvalue weighted by Gasteiger charge is 2.26. The van der Waals surface area contributed by atoms with Gasteiger partial charge in [0.25, 0.3) is 0 Å². The van der Waals surface area contributed by atoms with E-state index in [1.165, 1.54) is 0 Å². The van der Waals surface area contributed by atoms with Gasteiger partial charge in [0, 0.05) is 32.1 Å².